The van der Waals surface area contributed by atoms with Crippen molar-refractivity contribution < 1.29 is 23.7 Å². The summed E-state index contributed by atoms with van der Waals surface area (Å²) >= 11 is 0. The van der Waals surface area contributed by atoms with Crippen molar-refractivity contribution in [2.45, 2.75) is 13.3 Å². The summed E-state index contributed by atoms with van der Waals surface area (Å²) in [5, 5.41) is 0. The summed E-state index contributed by atoms with van der Waals surface area (Å²) < 4.78 is 20.7. The van der Waals surface area contributed by atoms with Crippen molar-refractivity contribution >= 4 is 11.7 Å². The lowest BCUT2D eigenvalue weighted by Crippen LogP contribution is -2.13. The first-order valence-corrected chi connectivity index (χ1v) is 6.95. The minimum atomic E-state index is -0.466. The average Bonchev–Trinajstić information content (AvgIpc) is 2.48. The van der Waals surface area contributed by atoms with Gasteiger partial charge >= 0.3 is 5.97 Å². The molecule has 0 amide bonds. The number of hydrogen-bond donors (Lipinski definition) is 1. The first kappa shape index (κ1) is 17.3. The summed E-state index contributed by atoms with van der Waals surface area (Å²) in [6.45, 7) is 4.02. The number of nitrogen functional groups attached to an aromatic ring is 1. The number of rotatable bonds is 10. The van der Waals surface area contributed by atoms with Gasteiger partial charge in [0, 0.05) is 20.3 Å². The van der Waals surface area contributed by atoms with Crippen LogP contribution in [0.3, 0.4) is 0 Å². The molecule has 118 valence electrons. The van der Waals surface area contributed by atoms with Gasteiger partial charge in [-0.3, -0.25) is 0 Å². The molecule has 2 N–H and O–H groups in total. The second-order valence-corrected chi connectivity index (χ2v) is 4.25. The van der Waals surface area contributed by atoms with Crippen LogP contribution in [0.25, 0.3) is 0 Å². The summed E-state index contributed by atoms with van der Waals surface area (Å²) in [5.41, 5.74) is 6.55. The molecule has 0 saturated carbocycles. The molecule has 0 heterocycles. The number of anilines is 1. The van der Waals surface area contributed by atoms with Crippen LogP contribution in [-0.4, -0.2) is 46.1 Å². The molecule has 0 bridgehead atoms. The number of carbonyl (C=O) groups is 1. The predicted molar refractivity (Wildman–Crippen MR) is 79.6 cm³/mol. The van der Waals surface area contributed by atoms with Crippen LogP contribution in [0.5, 0.6) is 5.75 Å². The standard InChI is InChI=1S/C15H23NO5/c1-3-20-14-12(6-4-7-13(14)16)15(17)21-11-10-19-9-5-8-18-2/h4,6-7H,3,5,8-11,16H2,1-2H3. The number of ether oxygens (including phenoxy) is 4. The second kappa shape index (κ2) is 10.0. The molecule has 6 nitrogen and oxygen atoms in total. The van der Waals surface area contributed by atoms with Crippen LogP contribution in [0.4, 0.5) is 5.69 Å². The number of hydrogen-bond acceptors (Lipinski definition) is 6. The molecule has 0 aliphatic heterocycles. The Morgan fingerprint density at radius 3 is 2.71 bits per heavy atom. The fourth-order valence-corrected chi connectivity index (χ4v) is 1.70. The molecule has 0 fully saturated rings. The number of para-hydroxylation sites is 1. The molecule has 1 aromatic rings. The van der Waals surface area contributed by atoms with Gasteiger partial charge in [0.1, 0.15) is 12.2 Å². The quantitative estimate of drug-likeness (QED) is 0.403. The van der Waals surface area contributed by atoms with Gasteiger partial charge < -0.3 is 24.7 Å². The summed E-state index contributed by atoms with van der Waals surface area (Å²) in [4.78, 5) is 12.0. The van der Waals surface area contributed by atoms with E-state index < -0.39 is 5.97 Å². The third-order valence-corrected chi connectivity index (χ3v) is 2.65. The Morgan fingerprint density at radius 2 is 2.00 bits per heavy atom. The van der Waals surface area contributed by atoms with Gasteiger partial charge in [0.15, 0.2) is 5.75 Å². The predicted octanol–water partition coefficient (Wildman–Crippen LogP) is 1.88. The zero-order valence-electron chi connectivity index (χ0n) is 12.6. The van der Waals surface area contributed by atoms with E-state index in [1.54, 1.807) is 25.3 Å². The van der Waals surface area contributed by atoms with E-state index in [1.165, 1.54) is 0 Å². The maximum atomic E-state index is 12.0. The second-order valence-electron chi connectivity index (χ2n) is 4.25. The van der Waals surface area contributed by atoms with Gasteiger partial charge in [0.05, 0.1) is 18.9 Å². The molecule has 0 spiro atoms. The van der Waals surface area contributed by atoms with E-state index in [-0.39, 0.29) is 6.61 Å². The van der Waals surface area contributed by atoms with Gasteiger partial charge in [-0.1, -0.05) is 6.07 Å². The van der Waals surface area contributed by atoms with Crippen molar-refractivity contribution in [3.8, 4) is 5.75 Å². The minimum Gasteiger partial charge on any atom is -0.491 e. The molecule has 0 aliphatic carbocycles. The minimum absolute atomic E-state index is 0.187. The van der Waals surface area contributed by atoms with Crippen LogP contribution in [0, 0.1) is 0 Å². The van der Waals surface area contributed by atoms with Crippen molar-refractivity contribution in [3.63, 3.8) is 0 Å². The molecule has 0 aromatic heterocycles. The Hall–Kier alpha value is -1.79. The van der Waals surface area contributed by atoms with E-state index in [2.05, 4.69) is 0 Å². The summed E-state index contributed by atoms with van der Waals surface area (Å²) in [6, 6.07) is 5.00. The van der Waals surface area contributed by atoms with E-state index in [1.807, 2.05) is 6.92 Å². The molecule has 0 aliphatic rings. The SMILES string of the molecule is CCOc1c(N)cccc1C(=O)OCCOCCCOC. The van der Waals surface area contributed by atoms with Gasteiger partial charge in [-0.2, -0.15) is 0 Å². The molecule has 1 rings (SSSR count). The third-order valence-electron chi connectivity index (χ3n) is 2.65. The zero-order valence-corrected chi connectivity index (χ0v) is 12.6. The molecule has 0 radical (unpaired) electrons. The highest BCUT2D eigenvalue weighted by Gasteiger charge is 2.16. The lowest BCUT2D eigenvalue weighted by Gasteiger charge is -2.12. The lowest BCUT2D eigenvalue weighted by molar-refractivity contribution is 0.0285. The van der Waals surface area contributed by atoms with Crippen LogP contribution in [0.2, 0.25) is 0 Å². The van der Waals surface area contributed by atoms with Crippen LogP contribution >= 0.6 is 0 Å². The summed E-state index contributed by atoms with van der Waals surface area (Å²) in [6.07, 6.45) is 0.814. The largest absolute Gasteiger partial charge is 0.491 e. The first-order chi connectivity index (χ1) is 10.2. The van der Waals surface area contributed by atoms with E-state index in [9.17, 15) is 4.79 Å². The highest BCUT2D eigenvalue weighted by atomic mass is 16.6. The molecular weight excluding hydrogens is 274 g/mol. The maximum Gasteiger partial charge on any atom is 0.342 e. The van der Waals surface area contributed by atoms with Gasteiger partial charge in [0.25, 0.3) is 0 Å². The molecular formula is C15H23NO5. The highest BCUT2D eigenvalue weighted by molar-refractivity contribution is 5.94. The van der Waals surface area contributed by atoms with Crippen molar-refractivity contribution in [3.05, 3.63) is 23.8 Å². The van der Waals surface area contributed by atoms with Crippen LogP contribution in [0.1, 0.15) is 23.7 Å². The van der Waals surface area contributed by atoms with Gasteiger partial charge in [-0.15, -0.1) is 0 Å². The van der Waals surface area contributed by atoms with Crippen molar-refractivity contribution in [1.29, 1.82) is 0 Å². The Bertz CT molecular complexity index is 436. The topological polar surface area (TPSA) is 80.0 Å². The Morgan fingerprint density at radius 1 is 1.19 bits per heavy atom. The maximum absolute atomic E-state index is 12.0. The van der Waals surface area contributed by atoms with Crippen molar-refractivity contribution in [1.82, 2.24) is 0 Å². The highest BCUT2D eigenvalue weighted by Crippen LogP contribution is 2.26. The van der Waals surface area contributed by atoms with E-state index in [4.69, 9.17) is 24.7 Å². The monoisotopic (exact) mass is 297 g/mol. The van der Waals surface area contributed by atoms with Crippen LogP contribution in [0.15, 0.2) is 18.2 Å². The van der Waals surface area contributed by atoms with E-state index in [0.29, 0.717) is 43.4 Å². The van der Waals surface area contributed by atoms with Gasteiger partial charge in [0.2, 0.25) is 0 Å². The van der Waals surface area contributed by atoms with E-state index in [0.717, 1.165) is 6.42 Å². The smallest absolute Gasteiger partial charge is 0.342 e. The molecule has 1 aromatic carbocycles. The van der Waals surface area contributed by atoms with Gasteiger partial charge in [-0.05, 0) is 25.5 Å². The molecule has 21 heavy (non-hydrogen) atoms. The molecule has 0 atom stereocenters. The number of benzene rings is 1. The molecule has 0 saturated heterocycles. The summed E-state index contributed by atoms with van der Waals surface area (Å²) in [5.74, 6) is -0.0998. The summed E-state index contributed by atoms with van der Waals surface area (Å²) in [7, 11) is 1.64. The molecule has 0 unspecified atom stereocenters. The Balaban J connectivity index is 2.40. The zero-order chi connectivity index (χ0) is 15.5. The van der Waals surface area contributed by atoms with Gasteiger partial charge in [-0.25, -0.2) is 4.79 Å². The Labute approximate surface area is 125 Å². The lowest BCUT2D eigenvalue weighted by atomic mass is 10.2. The van der Waals surface area contributed by atoms with Crippen molar-refractivity contribution in [2.24, 2.45) is 0 Å². The van der Waals surface area contributed by atoms with E-state index >= 15 is 0 Å². The van der Waals surface area contributed by atoms with Crippen LogP contribution in [-0.2, 0) is 14.2 Å². The van der Waals surface area contributed by atoms with Crippen molar-refractivity contribution in [2.75, 3.05) is 45.9 Å². The fourth-order valence-electron chi connectivity index (χ4n) is 1.70. The van der Waals surface area contributed by atoms with Crippen LogP contribution < -0.4 is 10.5 Å². The Kier molecular flexibility index (Phi) is 8.23. The molecule has 6 heteroatoms. The number of methoxy groups -OCH3 is 1. The normalized spacial score (nSPS) is 10.4. The number of nitrogens with two attached hydrogens (primary N) is 1. The number of esters is 1. The third kappa shape index (κ3) is 6.01. The fraction of sp³-hybridized carbons (Fsp3) is 0.533. The number of carbonyl (C=O) groups excluding carboxylic acids is 1. The average molecular weight is 297 g/mol. The first-order valence-electron chi connectivity index (χ1n) is 6.95.